The first-order valence-corrected chi connectivity index (χ1v) is 8.79. The molecule has 0 spiro atoms. The largest absolute Gasteiger partial charge is 0.465 e. The third kappa shape index (κ3) is 1.72. The zero-order valence-corrected chi connectivity index (χ0v) is 13.2. The van der Waals surface area contributed by atoms with Crippen LogP contribution in [0, 0.1) is 11.8 Å². The summed E-state index contributed by atoms with van der Waals surface area (Å²) in [5.74, 6) is 0.229. The quantitative estimate of drug-likeness (QED) is 0.719. The maximum atomic E-state index is 12.5. The Morgan fingerprint density at radius 1 is 1.52 bits per heavy atom. The van der Waals surface area contributed by atoms with E-state index in [1.165, 1.54) is 0 Å². The van der Waals surface area contributed by atoms with Gasteiger partial charge >= 0.3 is 5.97 Å². The average Bonchev–Trinajstić information content (AvgIpc) is 3.11. The molecular weight excluding hydrogens is 290 g/mol. The number of esters is 1. The number of hydrogen-bond acceptors (Lipinski definition) is 6. The van der Waals surface area contributed by atoms with Crippen LogP contribution in [0.15, 0.2) is 0 Å². The van der Waals surface area contributed by atoms with Gasteiger partial charge in [0.15, 0.2) is 0 Å². The molecule has 0 unspecified atom stereocenters. The first kappa shape index (κ1) is 14.0. The first-order chi connectivity index (χ1) is 10.1. The third-order valence-electron chi connectivity index (χ3n) is 5.56. The summed E-state index contributed by atoms with van der Waals surface area (Å²) in [5.41, 5.74) is -0.419. The van der Waals surface area contributed by atoms with Gasteiger partial charge < -0.3 is 9.47 Å². The summed E-state index contributed by atoms with van der Waals surface area (Å²) < 4.78 is 11.3. The van der Waals surface area contributed by atoms with Gasteiger partial charge in [0, 0.05) is 12.3 Å². The number of rotatable bonds is 2. The van der Waals surface area contributed by atoms with Gasteiger partial charge in [-0.15, -0.1) is 11.8 Å². The molecule has 0 aromatic carbocycles. The summed E-state index contributed by atoms with van der Waals surface area (Å²) in [5, 5.41) is 0.448. The van der Waals surface area contributed by atoms with E-state index < -0.39 is 5.72 Å². The van der Waals surface area contributed by atoms with Crippen molar-refractivity contribution in [3.63, 3.8) is 0 Å². The number of ether oxygens (including phenoxy) is 2. The number of hydrogen-bond donors (Lipinski definition) is 0. The highest BCUT2D eigenvalue weighted by molar-refractivity contribution is 8.00. The maximum Gasteiger partial charge on any atom is 0.323 e. The average molecular weight is 311 g/mol. The molecule has 0 aromatic heterocycles. The molecular formula is C15H21NO4S. The van der Waals surface area contributed by atoms with Gasteiger partial charge in [0.25, 0.3) is 0 Å². The molecule has 0 N–H and O–H groups in total. The van der Waals surface area contributed by atoms with Crippen molar-refractivity contribution >= 4 is 23.5 Å². The molecule has 0 radical (unpaired) electrons. The van der Waals surface area contributed by atoms with Crippen molar-refractivity contribution in [3.05, 3.63) is 0 Å². The number of carbonyl (C=O) groups excluding carboxylic acids is 2. The fraction of sp³-hybridized carbons (Fsp3) is 0.867. The molecule has 1 aliphatic carbocycles. The van der Waals surface area contributed by atoms with Gasteiger partial charge in [-0.3, -0.25) is 9.59 Å². The van der Waals surface area contributed by atoms with Gasteiger partial charge in [-0.1, -0.05) is 0 Å². The monoisotopic (exact) mass is 311 g/mol. The zero-order valence-electron chi connectivity index (χ0n) is 12.4. The van der Waals surface area contributed by atoms with Crippen LogP contribution in [0.1, 0.15) is 33.1 Å². The Hall–Kier alpha value is -0.590. The van der Waals surface area contributed by atoms with Crippen LogP contribution < -0.4 is 0 Å². The minimum atomic E-state index is -0.419. The number of Topliss-reactive ketones (excluding diaryl/α,β-unsaturated/α-hetero) is 1. The van der Waals surface area contributed by atoms with Crippen LogP contribution in [0.4, 0.5) is 0 Å². The number of thioether (sulfide) groups is 1. The van der Waals surface area contributed by atoms with Crippen molar-refractivity contribution in [3.8, 4) is 0 Å². The lowest BCUT2D eigenvalue weighted by molar-refractivity contribution is -0.164. The van der Waals surface area contributed by atoms with Crippen LogP contribution in [-0.4, -0.2) is 52.3 Å². The normalized spacial score (nSPS) is 48.3. The van der Waals surface area contributed by atoms with Crippen molar-refractivity contribution in [2.24, 2.45) is 11.8 Å². The van der Waals surface area contributed by atoms with E-state index in [-0.39, 0.29) is 29.2 Å². The second kappa shape index (κ2) is 4.70. The van der Waals surface area contributed by atoms with Crippen LogP contribution in [0.2, 0.25) is 0 Å². The lowest BCUT2D eigenvalue weighted by atomic mass is 9.93. The molecule has 0 amide bonds. The minimum Gasteiger partial charge on any atom is -0.465 e. The van der Waals surface area contributed by atoms with E-state index in [9.17, 15) is 9.59 Å². The van der Waals surface area contributed by atoms with Gasteiger partial charge in [0.1, 0.15) is 17.6 Å². The number of carbonyl (C=O) groups is 2. The van der Waals surface area contributed by atoms with Crippen molar-refractivity contribution in [2.75, 3.05) is 13.2 Å². The van der Waals surface area contributed by atoms with E-state index in [4.69, 9.17) is 9.47 Å². The summed E-state index contributed by atoms with van der Waals surface area (Å²) in [6.07, 6.45) is 2.41. The fourth-order valence-electron chi connectivity index (χ4n) is 4.69. The summed E-state index contributed by atoms with van der Waals surface area (Å²) in [7, 11) is 0. The molecule has 4 rings (SSSR count). The molecule has 116 valence electrons. The Balaban J connectivity index is 1.73. The van der Waals surface area contributed by atoms with E-state index in [0.29, 0.717) is 24.1 Å². The predicted molar refractivity (Wildman–Crippen MR) is 77.6 cm³/mol. The standard InChI is InChI=1S/C15H21NO4S/c1-3-19-14(18)12-8-4-5-9(17)11(8)13-16(12)15(2)10(21-13)6-7-20-15/h8,10-13H,3-7H2,1-2H3/t8-,10+,11-,12-,13+,15-/m0/s1. The lowest BCUT2D eigenvalue weighted by Gasteiger charge is -2.37. The van der Waals surface area contributed by atoms with E-state index in [1.54, 1.807) is 0 Å². The van der Waals surface area contributed by atoms with Crippen molar-refractivity contribution < 1.29 is 19.1 Å². The molecule has 1 saturated carbocycles. The topological polar surface area (TPSA) is 55.8 Å². The summed E-state index contributed by atoms with van der Waals surface area (Å²) in [6, 6.07) is -0.313. The van der Waals surface area contributed by atoms with Crippen LogP contribution in [-0.2, 0) is 19.1 Å². The number of nitrogens with zero attached hydrogens (tertiary/aromatic N) is 1. The van der Waals surface area contributed by atoms with E-state index in [2.05, 4.69) is 11.8 Å². The Kier molecular flexibility index (Phi) is 3.14. The smallest absolute Gasteiger partial charge is 0.323 e. The SMILES string of the molecule is CCOC(=O)[C@@H]1[C@H]2CCC(=O)[C@H]2[C@H]2S[C@@H]3CCO[C@]3(C)N21. The highest BCUT2D eigenvalue weighted by Crippen LogP contribution is 2.60. The molecule has 21 heavy (non-hydrogen) atoms. The van der Waals surface area contributed by atoms with Crippen molar-refractivity contribution in [1.29, 1.82) is 0 Å². The van der Waals surface area contributed by atoms with Crippen molar-refractivity contribution in [1.82, 2.24) is 4.90 Å². The Labute approximate surface area is 128 Å². The van der Waals surface area contributed by atoms with Crippen molar-refractivity contribution in [2.45, 2.75) is 55.5 Å². The molecule has 6 heteroatoms. The van der Waals surface area contributed by atoms with Crippen LogP contribution in [0.3, 0.4) is 0 Å². The molecule has 0 aromatic rings. The van der Waals surface area contributed by atoms with Gasteiger partial charge in [-0.25, -0.2) is 4.90 Å². The summed E-state index contributed by atoms with van der Waals surface area (Å²) >= 11 is 1.84. The van der Waals surface area contributed by atoms with E-state index >= 15 is 0 Å². The lowest BCUT2D eigenvalue weighted by Crippen LogP contribution is -2.54. The second-order valence-corrected chi connectivity index (χ2v) is 7.83. The van der Waals surface area contributed by atoms with Gasteiger partial charge in [0.2, 0.25) is 0 Å². The molecule has 4 fully saturated rings. The Morgan fingerprint density at radius 2 is 2.33 bits per heavy atom. The zero-order chi connectivity index (χ0) is 14.8. The molecule has 6 atom stereocenters. The Bertz CT molecular complexity index is 498. The van der Waals surface area contributed by atoms with Crippen LogP contribution >= 0.6 is 11.8 Å². The number of ketones is 1. The maximum absolute atomic E-state index is 12.5. The minimum absolute atomic E-state index is 0.0181. The fourth-order valence-corrected chi connectivity index (χ4v) is 6.69. The highest BCUT2D eigenvalue weighted by atomic mass is 32.2. The van der Waals surface area contributed by atoms with E-state index in [0.717, 1.165) is 19.4 Å². The van der Waals surface area contributed by atoms with Crippen LogP contribution in [0.25, 0.3) is 0 Å². The molecule has 4 aliphatic rings. The van der Waals surface area contributed by atoms with Crippen LogP contribution in [0.5, 0.6) is 0 Å². The highest BCUT2D eigenvalue weighted by Gasteiger charge is 2.69. The molecule has 0 bridgehead atoms. The molecule has 3 aliphatic heterocycles. The molecule has 5 nitrogen and oxygen atoms in total. The second-order valence-electron chi connectivity index (χ2n) is 6.51. The number of fused-ring (bicyclic) bond motifs is 5. The molecule has 3 saturated heterocycles. The first-order valence-electron chi connectivity index (χ1n) is 7.85. The third-order valence-corrected chi connectivity index (χ3v) is 7.36. The summed E-state index contributed by atoms with van der Waals surface area (Å²) in [6.45, 7) is 5.02. The van der Waals surface area contributed by atoms with Gasteiger partial charge in [-0.2, -0.15) is 0 Å². The van der Waals surface area contributed by atoms with Gasteiger partial charge in [-0.05, 0) is 32.6 Å². The Morgan fingerprint density at radius 3 is 3.10 bits per heavy atom. The van der Waals surface area contributed by atoms with Gasteiger partial charge in [0.05, 0.1) is 23.8 Å². The summed E-state index contributed by atoms with van der Waals surface area (Å²) in [4.78, 5) is 27.0. The molecule has 3 heterocycles. The predicted octanol–water partition coefficient (Wildman–Crippen LogP) is 1.41. The van der Waals surface area contributed by atoms with E-state index in [1.807, 2.05) is 18.7 Å².